The number of esters is 2. The minimum Gasteiger partial charge on any atom is -0.465 e. The first-order valence-corrected chi connectivity index (χ1v) is 6.91. The third-order valence-corrected chi connectivity index (χ3v) is 3.48. The van der Waals surface area contributed by atoms with Crippen LogP contribution in [0.25, 0.3) is 0 Å². The maximum Gasteiger partial charge on any atom is 0.339 e. The molecule has 1 heterocycles. The van der Waals surface area contributed by atoms with Gasteiger partial charge in [-0.2, -0.15) is 0 Å². The minimum absolute atomic E-state index is 0.182. The van der Waals surface area contributed by atoms with Gasteiger partial charge in [0.15, 0.2) is 0 Å². The lowest BCUT2D eigenvalue weighted by Gasteiger charge is -2.14. The molecular weight excluding hydrogens is 288 g/mol. The molecule has 0 unspecified atom stereocenters. The molecule has 1 aliphatic rings. The summed E-state index contributed by atoms with van der Waals surface area (Å²) in [6, 6.07) is 3.98. The third kappa shape index (κ3) is 3.43. The molecule has 0 bridgehead atoms. The van der Waals surface area contributed by atoms with E-state index in [1.54, 1.807) is 0 Å². The van der Waals surface area contributed by atoms with Crippen LogP contribution in [0.4, 0.5) is 5.69 Å². The van der Waals surface area contributed by atoms with Crippen LogP contribution in [0.3, 0.4) is 0 Å². The number of ether oxygens (including phenoxy) is 2. The molecule has 0 aliphatic carbocycles. The zero-order valence-electron chi connectivity index (χ0n) is 12.5. The predicted molar refractivity (Wildman–Crippen MR) is 78.8 cm³/mol. The van der Waals surface area contributed by atoms with Crippen molar-refractivity contribution < 1.29 is 23.9 Å². The van der Waals surface area contributed by atoms with Crippen molar-refractivity contribution in [3.05, 3.63) is 29.3 Å². The van der Waals surface area contributed by atoms with Gasteiger partial charge >= 0.3 is 11.9 Å². The Hall–Kier alpha value is -2.41. The number of carbonyl (C=O) groups is 3. The summed E-state index contributed by atoms with van der Waals surface area (Å²) in [5.74, 6) is -1.39. The van der Waals surface area contributed by atoms with Crippen LogP contribution in [0.15, 0.2) is 18.2 Å². The number of rotatable bonds is 4. The highest BCUT2D eigenvalue weighted by atomic mass is 16.5. The molecule has 2 N–H and O–H groups in total. The molecule has 118 valence electrons. The van der Waals surface area contributed by atoms with Gasteiger partial charge in [-0.3, -0.25) is 4.79 Å². The summed E-state index contributed by atoms with van der Waals surface area (Å²) in [7, 11) is 2.51. The summed E-state index contributed by atoms with van der Waals surface area (Å²) in [5.41, 5.74) is 0.653. The number of anilines is 1. The number of nitrogens with one attached hydrogen (secondary N) is 2. The monoisotopic (exact) mass is 306 g/mol. The van der Waals surface area contributed by atoms with Gasteiger partial charge in [0.2, 0.25) is 5.91 Å². The molecule has 1 saturated heterocycles. The van der Waals surface area contributed by atoms with Crippen molar-refractivity contribution in [2.75, 3.05) is 26.1 Å². The van der Waals surface area contributed by atoms with Gasteiger partial charge in [0, 0.05) is 0 Å². The Morgan fingerprint density at radius 3 is 2.50 bits per heavy atom. The van der Waals surface area contributed by atoms with E-state index in [0.717, 1.165) is 19.4 Å². The molecule has 0 saturated carbocycles. The Balaban J connectivity index is 2.29. The van der Waals surface area contributed by atoms with Crippen molar-refractivity contribution in [2.24, 2.45) is 0 Å². The van der Waals surface area contributed by atoms with Gasteiger partial charge in [0.1, 0.15) is 0 Å². The highest BCUT2D eigenvalue weighted by Gasteiger charge is 2.24. The molecule has 0 radical (unpaired) electrons. The van der Waals surface area contributed by atoms with Crippen LogP contribution in [-0.4, -0.2) is 44.7 Å². The second kappa shape index (κ2) is 7.04. The van der Waals surface area contributed by atoms with E-state index in [-0.39, 0.29) is 28.8 Å². The second-order valence-corrected chi connectivity index (χ2v) is 4.88. The summed E-state index contributed by atoms with van der Waals surface area (Å²) in [4.78, 5) is 35.6. The number of amides is 1. The first-order chi connectivity index (χ1) is 10.6. The highest BCUT2D eigenvalue weighted by Crippen LogP contribution is 2.20. The van der Waals surface area contributed by atoms with Crippen LogP contribution in [-0.2, 0) is 14.3 Å². The van der Waals surface area contributed by atoms with Gasteiger partial charge in [-0.1, -0.05) is 0 Å². The van der Waals surface area contributed by atoms with Crippen molar-refractivity contribution in [2.45, 2.75) is 18.9 Å². The zero-order valence-corrected chi connectivity index (χ0v) is 12.5. The average molecular weight is 306 g/mol. The van der Waals surface area contributed by atoms with E-state index in [0.29, 0.717) is 0 Å². The second-order valence-electron chi connectivity index (χ2n) is 4.88. The van der Waals surface area contributed by atoms with Crippen LogP contribution in [0.5, 0.6) is 0 Å². The Morgan fingerprint density at radius 2 is 1.91 bits per heavy atom. The largest absolute Gasteiger partial charge is 0.465 e. The van der Waals surface area contributed by atoms with Gasteiger partial charge in [-0.25, -0.2) is 9.59 Å². The number of benzene rings is 1. The average Bonchev–Trinajstić information content (AvgIpc) is 3.07. The normalized spacial score (nSPS) is 16.9. The molecule has 1 aliphatic heterocycles. The molecule has 7 heteroatoms. The van der Waals surface area contributed by atoms with E-state index >= 15 is 0 Å². The van der Waals surface area contributed by atoms with Gasteiger partial charge < -0.3 is 20.1 Å². The van der Waals surface area contributed by atoms with Crippen LogP contribution in [0.1, 0.15) is 33.6 Å². The van der Waals surface area contributed by atoms with E-state index in [9.17, 15) is 14.4 Å². The lowest BCUT2D eigenvalue weighted by atomic mass is 10.1. The van der Waals surface area contributed by atoms with E-state index in [1.165, 1.54) is 32.4 Å². The van der Waals surface area contributed by atoms with E-state index in [2.05, 4.69) is 20.1 Å². The zero-order chi connectivity index (χ0) is 16.1. The van der Waals surface area contributed by atoms with Crippen molar-refractivity contribution in [1.29, 1.82) is 0 Å². The Morgan fingerprint density at radius 1 is 1.18 bits per heavy atom. The molecule has 1 fully saturated rings. The van der Waals surface area contributed by atoms with Crippen LogP contribution in [0, 0.1) is 0 Å². The Bertz CT molecular complexity index is 594. The number of hydrogen-bond acceptors (Lipinski definition) is 6. The first-order valence-electron chi connectivity index (χ1n) is 6.91. The molecule has 2 rings (SSSR count). The van der Waals surface area contributed by atoms with Gasteiger partial charge in [0.25, 0.3) is 0 Å². The van der Waals surface area contributed by atoms with Crippen LogP contribution < -0.4 is 10.6 Å². The van der Waals surface area contributed by atoms with E-state index in [4.69, 9.17) is 0 Å². The molecular formula is C15H18N2O5. The fourth-order valence-electron chi connectivity index (χ4n) is 2.31. The molecule has 22 heavy (non-hydrogen) atoms. The van der Waals surface area contributed by atoms with Crippen molar-refractivity contribution in [3.8, 4) is 0 Å². The third-order valence-electron chi connectivity index (χ3n) is 3.48. The van der Waals surface area contributed by atoms with Crippen LogP contribution in [0.2, 0.25) is 0 Å². The number of carbonyl (C=O) groups excluding carboxylic acids is 3. The van der Waals surface area contributed by atoms with Crippen molar-refractivity contribution >= 4 is 23.5 Å². The standard InChI is InChI=1S/C15H18N2O5/c1-21-14(19)9-5-6-10(15(20)22-2)12(8-9)17-13(18)11-4-3-7-16-11/h5-6,8,11,16H,3-4,7H2,1-2H3,(H,17,18)/t11-/m0/s1. The number of hydrogen-bond donors (Lipinski definition) is 2. The smallest absolute Gasteiger partial charge is 0.339 e. The molecule has 7 nitrogen and oxygen atoms in total. The quantitative estimate of drug-likeness (QED) is 0.804. The molecule has 1 aromatic carbocycles. The summed E-state index contributed by atoms with van der Waals surface area (Å²) in [6.07, 6.45) is 1.65. The summed E-state index contributed by atoms with van der Waals surface area (Å²) >= 11 is 0. The fourth-order valence-corrected chi connectivity index (χ4v) is 2.31. The summed E-state index contributed by atoms with van der Waals surface area (Å²) in [6.45, 7) is 0.782. The maximum absolute atomic E-state index is 12.2. The van der Waals surface area contributed by atoms with Gasteiger partial charge in [-0.05, 0) is 37.6 Å². The lowest BCUT2D eigenvalue weighted by molar-refractivity contribution is -0.117. The minimum atomic E-state index is -0.592. The van der Waals surface area contributed by atoms with Crippen molar-refractivity contribution in [1.82, 2.24) is 5.32 Å². The first kappa shape index (κ1) is 16.0. The summed E-state index contributed by atoms with van der Waals surface area (Å²) in [5, 5.41) is 5.74. The van der Waals surface area contributed by atoms with Gasteiger partial charge in [-0.15, -0.1) is 0 Å². The molecule has 0 spiro atoms. The van der Waals surface area contributed by atoms with E-state index in [1.807, 2.05) is 0 Å². The Kier molecular flexibility index (Phi) is 5.11. The predicted octanol–water partition coefficient (Wildman–Crippen LogP) is 0.950. The molecule has 1 aromatic rings. The fraction of sp³-hybridized carbons (Fsp3) is 0.400. The molecule has 1 amide bonds. The maximum atomic E-state index is 12.2. The highest BCUT2D eigenvalue weighted by molar-refractivity contribution is 6.04. The summed E-state index contributed by atoms with van der Waals surface area (Å²) < 4.78 is 9.33. The molecule has 0 aromatic heterocycles. The van der Waals surface area contributed by atoms with Gasteiger partial charge in [0.05, 0.1) is 37.1 Å². The van der Waals surface area contributed by atoms with Crippen molar-refractivity contribution in [3.63, 3.8) is 0 Å². The molecule has 1 atom stereocenters. The van der Waals surface area contributed by atoms with Crippen LogP contribution >= 0.6 is 0 Å². The topological polar surface area (TPSA) is 93.7 Å². The lowest BCUT2D eigenvalue weighted by Crippen LogP contribution is -2.36. The van der Waals surface area contributed by atoms with E-state index < -0.39 is 11.9 Å². The SMILES string of the molecule is COC(=O)c1ccc(C(=O)OC)c(NC(=O)[C@@H]2CCCN2)c1. The Labute approximate surface area is 128 Å². The number of methoxy groups -OCH3 is 2.